The van der Waals surface area contributed by atoms with Crippen molar-refractivity contribution in [3.63, 3.8) is 0 Å². The SMILES string of the molecule is CNC(c1cc(OC)c(OC)cc1Br)C(F)(F)C(F)F. The molecule has 0 saturated carbocycles. The van der Waals surface area contributed by atoms with Gasteiger partial charge >= 0.3 is 12.3 Å². The topological polar surface area (TPSA) is 30.5 Å². The molecule has 0 saturated heterocycles. The van der Waals surface area contributed by atoms with Gasteiger partial charge in [0.2, 0.25) is 0 Å². The Morgan fingerprint density at radius 2 is 1.65 bits per heavy atom. The fourth-order valence-electron chi connectivity index (χ4n) is 1.77. The molecule has 114 valence electrons. The fraction of sp³-hybridized carbons (Fsp3) is 0.500. The molecule has 3 nitrogen and oxygen atoms in total. The van der Waals surface area contributed by atoms with Gasteiger partial charge in [-0.15, -0.1) is 0 Å². The molecule has 20 heavy (non-hydrogen) atoms. The first-order valence-corrected chi connectivity index (χ1v) is 6.33. The summed E-state index contributed by atoms with van der Waals surface area (Å²) in [5.74, 6) is -3.74. The van der Waals surface area contributed by atoms with Crippen molar-refractivity contribution in [3.05, 3.63) is 22.2 Å². The lowest BCUT2D eigenvalue weighted by atomic mass is 10.00. The van der Waals surface area contributed by atoms with Crippen LogP contribution in [0, 0.1) is 0 Å². The van der Waals surface area contributed by atoms with Crippen molar-refractivity contribution in [2.45, 2.75) is 18.4 Å². The van der Waals surface area contributed by atoms with Gasteiger partial charge < -0.3 is 14.8 Å². The van der Waals surface area contributed by atoms with Crippen LogP contribution >= 0.6 is 15.9 Å². The van der Waals surface area contributed by atoms with Gasteiger partial charge in [0.25, 0.3) is 0 Å². The highest BCUT2D eigenvalue weighted by Gasteiger charge is 2.49. The number of nitrogens with one attached hydrogen (secondary N) is 1. The summed E-state index contributed by atoms with van der Waals surface area (Å²) in [5, 5.41) is 2.21. The molecule has 0 bridgehead atoms. The minimum absolute atomic E-state index is 0.0459. The molecule has 1 aromatic carbocycles. The normalized spacial score (nSPS) is 13.4. The molecule has 1 unspecified atom stereocenters. The van der Waals surface area contributed by atoms with Crippen LogP contribution in [0.4, 0.5) is 17.6 Å². The summed E-state index contributed by atoms with van der Waals surface area (Å²) in [7, 11) is 3.90. The maximum absolute atomic E-state index is 13.6. The van der Waals surface area contributed by atoms with Crippen LogP contribution in [0.2, 0.25) is 0 Å². The van der Waals surface area contributed by atoms with Crippen LogP contribution in [0.15, 0.2) is 16.6 Å². The van der Waals surface area contributed by atoms with Crippen molar-refractivity contribution in [2.24, 2.45) is 0 Å². The van der Waals surface area contributed by atoms with Gasteiger partial charge in [-0.2, -0.15) is 8.78 Å². The minimum atomic E-state index is -4.23. The fourth-order valence-corrected chi connectivity index (χ4v) is 2.32. The van der Waals surface area contributed by atoms with Gasteiger partial charge in [-0.1, -0.05) is 15.9 Å². The third-order valence-corrected chi connectivity index (χ3v) is 3.47. The number of ether oxygens (including phenoxy) is 2. The number of alkyl halides is 4. The summed E-state index contributed by atoms with van der Waals surface area (Å²) in [6.45, 7) is 0. The van der Waals surface area contributed by atoms with E-state index in [9.17, 15) is 17.6 Å². The molecule has 1 N–H and O–H groups in total. The van der Waals surface area contributed by atoms with Gasteiger partial charge in [0.1, 0.15) is 6.04 Å². The molecule has 0 radical (unpaired) electrons. The molecule has 1 atom stereocenters. The molecule has 0 aliphatic rings. The maximum Gasteiger partial charge on any atom is 0.326 e. The van der Waals surface area contributed by atoms with Crippen LogP contribution in [0.25, 0.3) is 0 Å². The van der Waals surface area contributed by atoms with Crippen LogP contribution < -0.4 is 14.8 Å². The largest absolute Gasteiger partial charge is 0.493 e. The predicted molar refractivity (Wildman–Crippen MR) is 70.0 cm³/mol. The standard InChI is InChI=1S/C12H14BrF4NO2/c1-18-10(12(16,17)11(14)15)6-4-8(19-2)9(20-3)5-7(6)13/h4-5,10-11,18H,1-3H3. The average Bonchev–Trinajstić information content (AvgIpc) is 2.40. The molecule has 0 aliphatic carbocycles. The van der Waals surface area contributed by atoms with Crippen molar-refractivity contribution < 1.29 is 27.0 Å². The average molecular weight is 360 g/mol. The summed E-state index contributed by atoms with van der Waals surface area (Å²) in [4.78, 5) is 0. The Balaban J connectivity index is 3.36. The molecule has 0 aromatic heterocycles. The van der Waals surface area contributed by atoms with Crippen LogP contribution in [0.1, 0.15) is 11.6 Å². The van der Waals surface area contributed by atoms with E-state index in [1.165, 1.54) is 33.4 Å². The summed E-state index contributed by atoms with van der Waals surface area (Å²) in [6, 6.07) is 0.761. The van der Waals surface area contributed by atoms with Crippen molar-refractivity contribution in [1.82, 2.24) is 5.32 Å². The first kappa shape index (κ1) is 17.0. The van der Waals surface area contributed by atoms with E-state index in [-0.39, 0.29) is 15.8 Å². The van der Waals surface area contributed by atoms with Crippen molar-refractivity contribution >= 4 is 15.9 Å². The maximum atomic E-state index is 13.6. The highest BCUT2D eigenvalue weighted by atomic mass is 79.9. The highest BCUT2D eigenvalue weighted by Crippen LogP contribution is 2.42. The number of hydrogen-bond donors (Lipinski definition) is 1. The third-order valence-electron chi connectivity index (χ3n) is 2.78. The molecule has 1 aromatic rings. The first-order chi connectivity index (χ1) is 9.29. The molecular weight excluding hydrogens is 346 g/mol. The lowest BCUT2D eigenvalue weighted by Crippen LogP contribution is -2.41. The van der Waals surface area contributed by atoms with Crippen molar-refractivity contribution in [1.29, 1.82) is 0 Å². The van der Waals surface area contributed by atoms with Crippen LogP contribution in [0.3, 0.4) is 0 Å². The van der Waals surface area contributed by atoms with E-state index in [2.05, 4.69) is 21.2 Å². The first-order valence-electron chi connectivity index (χ1n) is 5.54. The third kappa shape index (κ3) is 3.17. The van der Waals surface area contributed by atoms with E-state index in [0.717, 1.165) is 0 Å². The molecule has 0 fully saturated rings. The predicted octanol–water partition coefficient (Wildman–Crippen LogP) is 3.63. The second-order valence-electron chi connectivity index (χ2n) is 3.93. The summed E-state index contributed by atoms with van der Waals surface area (Å²) >= 11 is 3.08. The zero-order chi connectivity index (χ0) is 15.5. The Bertz CT molecular complexity index is 471. The quantitative estimate of drug-likeness (QED) is 0.786. The van der Waals surface area contributed by atoms with E-state index < -0.39 is 18.4 Å². The Morgan fingerprint density at radius 3 is 2.05 bits per heavy atom. The Labute approximate surface area is 122 Å². The summed E-state index contributed by atoms with van der Waals surface area (Å²) < 4.78 is 62.5. The number of halogens is 5. The van der Waals surface area contributed by atoms with E-state index in [1.807, 2.05) is 0 Å². The second-order valence-corrected chi connectivity index (χ2v) is 4.78. The van der Waals surface area contributed by atoms with Gasteiger partial charge in [-0.3, -0.25) is 0 Å². The zero-order valence-corrected chi connectivity index (χ0v) is 12.6. The molecule has 0 amide bonds. The van der Waals surface area contributed by atoms with Crippen LogP contribution in [-0.2, 0) is 0 Å². The molecule has 0 aliphatic heterocycles. The van der Waals surface area contributed by atoms with E-state index >= 15 is 0 Å². The monoisotopic (exact) mass is 359 g/mol. The van der Waals surface area contributed by atoms with Gasteiger partial charge in [0, 0.05) is 4.47 Å². The highest BCUT2D eigenvalue weighted by molar-refractivity contribution is 9.10. The van der Waals surface area contributed by atoms with Crippen molar-refractivity contribution in [2.75, 3.05) is 21.3 Å². The zero-order valence-electron chi connectivity index (χ0n) is 11.0. The lowest BCUT2D eigenvalue weighted by Gasteiger charge is -2.27. The number of benzene rings is 1. The molecule has 0 spiro atoms. The van der Waals surface area contributed by atoms with Crippen molar-refractivity contribution in [3.8, 4) is 11.5 Å². The van der Waals surface area contributed by atoms with E-state index in [0.29, 0.717) is 5.75 Å². The summed E-state index contributed by atoms with van der Waals surface area (Å²) in [5.41, 5.74) is -0.0459. The van der Waals surface area contributed by atoms with Gasteiger partial charge in [-0.05, 0) is 24.7 Å². The smallest absolute Gasteiger partial charge is 0.326 e. The molecular formula is C12H14BrF4NO2. The minimum Gasteiger partial charge on any atom is -0.493 e. The van der Waals surface area contributed by atoms with E-state index in [4.69, 9.17) is 9.47 Å². The Kier molecular flexibility index (Phi) is 5.64. The number of hydrogen-bond acceptors (Lipinski definition) is 3. The molecule has 0 heterocycles. The van der Waals surface area contributed by atoms with Gasteiger partial charge in [-0.25, -0.2) is 8.78 Å². The molecule has 8 heteroatoms. The Hall–Kier alpha value is -1.02. The number of rotatable bonds is 6. The van der Waals surface area contributed by atoms with Crippen LogP contribution in [-0.4, -0.2) is 33.6 Å². The molecule has 1 rings (SSSR count). The van der Waals surface area contributed by atoms with Gasteiger partial charge in [0.05, 0.1) is 14.2 Å². The second kappa shape index (κ2) is 6.62. The Morgan fingerprint density at radius 1 is 1.15 bits per heavy atom. The summed E-state index contributed by atoms with van der Waals surface area (Å²) in [6.07, 6.45) is -3.79. The van der Waals surface area contributed by atoms with Gasteiger partial charge in [0.15, 0.2) is 11.5 Å². The number of methoxy groups -OCH3 is 2. The van der Waals surface area contributed by atoms with Crippen LogP contribution in [0.5, 0.6) is 11.5 Å². The lowest BCUT2D eigenvalue weighted by molar-refractivity contribution is -0.150. The van der Waals surface area contributed by atoms with E-state index in [1.54, 1.807) is 0 Å².